The maximum absolute atomic E-state index is 13.0. The van der Waals surface area contributed by atoms with Crippen LogP contribution in [0.1, 0.15) is 33.6 Å². The molecule has 0 unspecified atom stereocenters. The summed E-state index contributed by atoms with van der Waals surface area (Å²) >= 11 is 1.16. The summed E-state index contributed by atoms with van der Waals surface area (Å²) in [6, 6.07) is 17.9. The molecule has 3 aromatic rings. The maximum atomic E-state index is 13.0. The molecule has 0 radical (unpaired) electrons. The van der Waals surface area contributed by atoms with Gasteiger partial charge in [-0.3, -0.25) is 4.79 Å². The van der Waals surface area contributed by atoms with Gasteiger partial charge in [-0.1, -0.05) is 48.5 Å². The molecule has 1 aliphatic heterocycles. The molecule has 1 fully saturated rings. The molecule has 2 heterocycles. The predicted molar refractivity (Wildman–Crippen MR) is 133 cm³/mol. The van der Waals surface area contributed by atoms with Crippen molar-refractivity contribution in [2.75, 3.05) is 27.2 Å². The fraction of sp³-hybridized carbons (Fsp3) is 0.320. The van der Waals surface area contributed by atoms with Gasteiger partial charge in [0.05, 0.1) is 0 Å². The van der Waals surface area contributed by atoms with Gasteiger partial charge in [0.1, 0.15) is 9.77 Å². The number of carbonyl (C=O) groups excluding carboxylic acids is 1. The Bertz CT molecular complexity index is 1210. The number of carbonyl (C=O) groups is 1. The van der Waals surface area contributed by atoms with Gasteiger partial charge in [-0.05, 0) is 60.6 Å². The Morgan fingerprint density at radius 3 is 2.42 bits per heavy atom. The zero-order valence-electron chi connectivity index (χ0n) is 19.0. The molecule has 2 aromatic carbocycles. The lowest BCUT2D eigenvalue weighted by atomic mass is 9.98. The monoisotopic (exact) mass is 483 g/mol. The summed E-state index contributed by atoms with van der Waals surface area (Å²) < 4.78 is 27.4. The van der Waals surface area contributed by atoms with Crippen LogP contribution in [0.5, 0.6) is 0 Å². The van der Waals surface area contributed by atoms with E-state index in [9.17, 15) is 13.2 Å². The van der Waals surface area contributed by atoms with Crippen molar-refractivity contribution in [2.45, 2.75) is 30.8 Å². The summed E-state index contributed by atoms with van der Waals surface area (Å²) in [6.45, 7) is 2.22. The third-order valence-electron chi connectivity index (χ3n) is 5.74. The Labute approximate surface area is 199 Å². The van der Waals surface area contributed by atoms with Crippen molar-refractivity contribution in [1.29, 1.82) is 0 Å². The van der Waals surface area contributed by atoms with Gasteiger partial charge in [-0.15, -0.1) is 11.3 Å². The lowest BCUT2D eigenvalue weighted by Gasteiger charge is -2.16. The minimum atomic E-state index is -3.64. The molecule has 0 aliphatic carbocycles. The van der Waals surface area contributed by atoms with Crippen LogP contribution in [-0.2, 0) is 23.1 Å². The van der Waals surface area contributed by atoms with Gasteiger partial charge in [0.2, 0.25) is 10.0 Å². The second-order valence-electron chi connectivity index (χ2n) is 8.50. The first kappa shape index (κ1) is 23.6. The Balaban J connectivity index is 1.50. The number of thiophene rings is 1. The molecule has 4 rings (SSSR count). The highest BCUT2D eigenvalue weighted by Crippen LogP contribution is 2.28. The second-order valence-corrected chi connectivity index (χ2v) is 11.3. The average Bonchev–Trinajstić information content (AvgIpc) is 3.51. The van der Waals surface area contributed by atoms with Crippen LogP contribution in [-0.4, -0.2) is 50.7 Å². The van der Waals surface area contributed by atoms with Gasteiger partial charge >= 0.3 is 0 Å². The molecule has 1 saturated heterocycles. The topological polar surface area (TPSA) is 69.7 Å². The highest BCUT2D eigenvalue weighted by atomic mass is 32.2. The van der Waals surface area contributed by atoms with E-state index < -0.39 is 10.0 Å². The van der Waals surface area contributed by atoms with Crippen LogP contribution in [0, 0.1) is 0 Å². The fourth-order valence-electron chi connectivity index (χ4n) is 4.10. The Morgan fingerprint density at radius 1 is 1.03 bits per heavy atom. The van der Waals surface area contributed by atoms with Crippen LogP contribution >= 0.6 is 11.3 Å². The highest BCUT2D eigenvalue weighted by molar-refractivity contribution is 7.89. The van der Waals surface area contributed by atoms with Crippen LogP contribution in [0.15, 0.2) is 64.9 Å². The van der Waals surface area contributed by atoms with E-state index >= 15 is 0 Å². The molecule has 33 heavy (non-hydrogen) atoms. The smallest absolute Gasteiger partial charge is 0.263 e. The van der Waals surface area contributed by atoms with E-state index in [1.807, 2.05) is 38.4 Å². The lowest BCUT2D eigenvalue weighted by Crippen LogP contribution is -2.30. The third-order valence-corrected chi connectivity index (χ3v) is 8.72. The number of nitrogens with one attached hydrogen (secondary N) is 1. The van der Waals surface area contributed by atoms with Crippen LogP contribution in [0.25, 0.3) is 11.1 Å². The Kier molecular flexibility index (Phi) is 7.29. The zero-order valence-corrected chi connectivity index (χ0v) is 20.6. The molecule has 0 bridgehead atoms. The SMILES string of the molecule is CN(C)Cc1ccc(-c2ccccc2CNC(=O)c2sccc2S(=O)(=O)N2CCCC2)cc1. The molecule has 0 spiro atoms. The van der Waals surface area contributed by atoms with E-state index in [1.54, 1.807) is 5.38 Å². The van der Waals surface area contributed by atoms with E-state index in [4.69, 9.17) is 0 Å². The first-order valence-electron chi connectivity index (χ1n) is 11.0. The molecule has 1 amide bonds. The first-order valence-corrected chi connectivity index (χ1v) is 13.4. The predicted octanol–water partition coefficient (Wildman–Crippen LogP) is 4.19. The summed E-state index contributed by atoms with van der Waals surface area (Å²) in [5.41, 5.74) is 4.34. The van der Waals surface area contributed by atoms with Crippen LogP contribution in [0.4, 0.5) is 0 Å². The summed E-state index contributed by atoms with van der Waals surface area (Å²) in [5, 5.41) is 4.60. The largest absolute Gasteiger partial charge is 0.347 e. The molecule has 0 atom stereocenters. The third kappa shape index (κ3) is 5.35. The van der Waals surface area contributed by atoms with Gasteiger partial charge < -0.3 is 10.2 Å². The number of hydrogen-bond donors (Lipinski definition) is 1. The Hall–Kier alpha value is -2.52. The maximum Gasteiger partial charge on any atom is 0.263 e. The van der Waals surface area contributed by atoms with Crippen LogP contribution in [0.3, 0.4) is 0 Å². The molecule has 174 valence electrons. The number of rotatable bonds is 8. The number of benzene rings is 2. The van der Waals surface area contributed by atoms with Gasteiger partial charge in [0.15, 0.2) is 0 Å². The second kappa shape index (κ2) is 10.2. The van der Waals surface area contributed by atoms with Crippen LogP contribution in [0.2, 0.25) is 0 Å². The number of nitrogens with zero attached hydrogens (tertiary/aromatic N) is 2. The standard InChI is InChI=1S/C25H29N3O3S2/c1-27(2)18-19-9-11-20(12-10-19)22-8-4-3-7-21(22)17-26-25(29)24-23(13-16-32-24)33(30,31)28-14-5-6-15-28/h3-4,7-13,16H,5-6,14-15,17-18H2,1-2H3,(H,26,29). The molecule has 1 N–H and O–H groups in total. The molecule has 1 aliphatic rings. The molecule has 0 saturated carbocycles. The van der Waals surface area contributed by atoms with E-state index in [-0.39, 0.29) is 15.7 Å². The minimum absolute atomic E-state index is 0.108. The van der Waals surface area contributed by atoms with Crippen LogP contribution < -0.4 is 5.32 Å². The van der Waals surface area contributed by atoms with Crippen molar-refractivity contribution in [2.24, 2.45) is 0 Å². The molecule has 6 nitrogen and oxygen atoms in total. The molecule has 1 aromatic heterocycles. The normalized spacial score (nSPS) is 14.6. The van der Waals surface area contributed by atoms with E-state index in [1.165, 1.54) is 15.9 Å². The molecule has 8 heteroatoms. The number of hydrogen-bond acceptors (Lipinski definition) is 5. The number of sulfonamides is 1. The summed E-state index contributed by atoms with van der Waals surface area (Å²) in [7, 11) is 0.447. The number of amides is 1. The average molecular weight is 484 g/mol. The van der Waals surface area contributed by atoms with Crippen molar-refractivity contribution in [3.05, 3.63) is 76.0 Å². The van der Waals surface area contributed by atoms with Gasteiger partial charge in [-0.25, -0.2) is 8.42 Å². The lowest BCUT2D eigenvalue weighted by molar-refractivity contribution is 0.0952. The van der Waals surface area contributed by atoms with Crippen molar-refractivity contribution < 1.29 is 13.2 Å². The van der Waals surface area contributed by atoms with Gasteiger partial charge in [0, 0.05) is 26.2 Å². The summed E-state index contributed by atoms with van der Waals surface area (Å²) in [5.74, 6) is -0.362. The first-order chi connectivity index (χ1) is 15.9. The summed E-state index contributed by atoms with van der Waals surface area (Å²) in [4.78, 5) is 15.4. The summed E-state index contributed by atoms with van der Waals surface area (Å²) in [6.07, 6.45) is 1.72. The van der Waals surface area contributed by atoms with Gasteiger partial charge in [0.25, 0.3) is 5.91 Å². The molecular formula is C25H29N3O3S2. The van der Waals surface area contributed by atoms with Crippen molar-refractivity contribution >= 4 is 27.3 Å². The Morgan fingerprint density at radius 2 is 1.73 bits per heavy atom. The van der Waals surface area contributed by atoms with E-state index in [0.29, 0.717) is 19.6 Å². The van der Waals surface area contributed by atoms with E-state index in [2.05, 4.69) is 34.5 Å². The van der Waals surface area contributed by atoms with Crippen molar-refractivity contribution in [1.82, 2.24) is 14.5 Å². The van der Waals surface area contributed by atoms with Crippen molar-refractivity contribution in [3.8, 4) is 11.1 Å². The molecular weight excluding hydrogens is 454 g/mol. The van der Waals surface area contributed by atoms with Crippen molar-refractivity contribution in [3.63, 3.8) is 0 Å². The fourth-order valence-corrected chi connectivity index (χ4v) is 6.93. The minimum Gasteiger partial charge on any atom is -0.347 e. The van der Waals surface area contributed by atoms with E-state index in [0.717, 1.165) is 47.4 Å². The quantitative estimate of drug-likeness (QED) is 0.522. The highest BCUT2D eigenvalue weighted by Gasteiger charge is 2.31. The zero-order chi connectivity index (χ0) is 23.4. The van der Waals surface area contributed by atoms with Gasteiger partial charge in [-0.2, -0.15) is 4.31 Å².